The molecule has 6 heteroatoms. The molecule has 26 heavy (non-hydrogen) atoms. The molecule has 0 spiro atoms. The number of ether oxygens (including phenoxy) is 1. The summed E-state index contributed by atoms with van der Waals surface area (Å²) >= 11 is 1.18. The summed E-state index contributed by atoms with van der Waals surface area (Å²) in [5, 5.41) is 0. The summed E-state index contributed by atoms with van der Waals surface area (Å²) in [5.41, 5.74) is 3.60. The van der Waals surface area contributed by atoms with Crippen molar-refractivity contribution < 1.29 is 9.53 Å². The van der Waals surface area contributed by atoms with E-state index in [4.69, 9.17) is 4.74 Å². The molecule has 3 aromatic rings. The molecule has 1 unspecified atom stereocenters. The standard InChI is InChI=1S/C20H21N3O2S/c1-25-17-8-5-14(6-9-17)16-4-2-3-11-23(13-16)20(24)15-7-10-18-19(12-15)22-26-21-18/h5-10,12,16H,2-4,11,13H2,1H3. The molecule has 1 atom stereocenters. The third kappa shape index (κ3) is 3.42. The van der Waals surface area contributed by atoms with Crippen LogP contribution in [0.15, 0.2) is 42.5 Å². The molecule has 2 aromatic carbocycles. The molecular weight excluding hydrogens is 346 g/mol. The molecule has 0 radical (unpaired) electrons. The monoisotopic (exact) mass is 367 g/mol. The minimum atomic E-state index is 0.0836. The molecular formula is C20H21N3O2S. The van der Waals surface area contributed by atoms with Crippen molar-refractivity contribution in [1.82, 2.24) is 13.6 Å². The van der Waals surface area contributed by atoms with Gasteiger partial charge >= 0.3 is 0 Å². The molecule has 1 aliphatic rings. The third-order valence-corrected chi connectivity index (χ3v) is 5.60. The van der Waals surface area contributed by atoms with Crippen LogP contribution in [0, 0.1) is 0 Å². The Morgan fingerprint density at radius 1 is 1.12 bits per heavy atom. The van der Waals surface area contributed by atoms with Gasteiger partial charge in [0.05, 0.1) is 18.8 Å². The number of carbonyl (C=O) groups is 1. The minimum absolute atomic E-state index is 0.0836. The van der Waals surface area contributed by atoms with Crippen LogP contribution in [0.2, 0.25) is 0 Å². The highest BCUT2D eigenvalue weighted by atomic mass is 32.1. The van der Waals surface area contributed by atoms with Gasteiger partial charge in [-0.2, -0.15) is 8.75 Å². The molecule has 0 bridgehead atoms. The largest absolute Gasteiger partial charge is 0.497 e. The first-order valence-corrected chi connectivity index (χ1v) is 9.63. The topological polar surface area (TPSA) is 55.3 Å². The number of hydrogen-bond donors (Lipinski definition) is 0. The van der Waals surface area contributed by atoms with Crippen LogP contribution in [0.3, 0.4) is 0 Å². The number of nitrogens with zero attached hydrogens (tertiary/aromatic N) is 3. The van der Waals surface area contributed by atoms with E-state index in [1.54, 1.807) is 7.11 Å². The summed E-state index contributed by atoms with van der Waals surface area (Å²) in [4.78, 5) is 15.0. The van der Waals surface area contributed by atoms with E-state index in [1.165, 1.54) is 17.3 Å². The average molecular weight is 367 g/mol. The first-order chi connectivity index (χ1) is 12.7. The summed E-state index contributed by atoms with van der Waals surface area (Å²) in [6.07, 6.45) is 3.28. The van der Waals surface area contributed by atoms with E-state index < -0.39 is 0 Å². The van der Waals surface area contributed by atoms with Crippen molar-refractivity contribution in [2.45, 2.75) is 25.2 Å². The molecule has 134 valence electrons. The van der Waals surface area contributed by atoms with Crippen LogP contribution in [-0.2, 0) is 0 Å². The maximum atomic E-state index is 13.1. The quantitative estimate of drug-likeness (QED) is 0.699. The van der Waals surface area contributed by atoms with Gasteiger partial charge in [0, 0.05) is 24.6 Å². The molecule has 0 saturated carbocycles. The van der Waals surface area contributed by atoms with Crippen LogP contribution >= 0.6 is 11.7 Å². The van der Waals surface area contributed by atoms with Crippen molar-refractivity contribution in [3.8, 4) is 5.75 Å². The zero-order chi connectivity index (χ0) is 17.9. The van der Waals surface area contributed by atoms with Crippen LogP contribution in [0.25, 0.3) is 11.0 Å². The predicted molar refractivity (Wildman–Crippen MR) is 103 cm³/mol. The summed E-state index contributed by atoms with van der Waals surface area (Å²) in [6, 6.07) is 13.8. The highest BCUT2D eigenvalue weighted by Gasteiger charge is 2.24. The van der Waals surface area contributed by atoms with Crippen molar-refractivity contribution in [2.24, 2.45) is 0 Å². The zero-order valence-corrected chi connectivity index (χ0v) is 15.5. The van der Waals surface area contributed by atoms with Gasteiger partial charge in [0.2, 0.25) is 0 Å². The van der Waals surface area contributed by atoms with Gasteiger partial charge in [0.25, 0.3) is 5.91 Å². The van der Waals surface area contributed by atoms with E-state index in [-0.39, 0.29) is 5.91 Å². The summed E-state index contributed by atoms with van der Waals surface area (Å²) in [7, 11) is 1.68. The fraction of sp³-hybridized carbons (Fsp3) is 0.350. The second kappa shape index (κ2) is 7.41. The van der Waals surface area contributed by atoms with Crippen LogP contribution in [0.1, 0.15) is 41.1 Å². The van der Waals surface area contributed by atoms with Gasteiger partial charge in [0.1, 0.15) is 16.8 Å². The second-order valence-corrected chi connectivity index (χ2v) is 7.21. The molecule has 1 aromatic heterocycles. The van der Waals surface area contributed by atoms with E-state index in [2.05, 4.69) is 20.9 Å². The smallest absolute Gasteiger partial charge is 0.253 e. The Labute approximate surface area is 156 Å². The number of rotatable bonds is 3. The molecule has 1 aliphatic heterocycles. The van der Waals surface area contributed by atoms with E-state index in [0.29, 0.717) is 11.5 Å². The summed E-state index contributed by atoms with van der Waals surface area (Å²) < 4.78 is 13.7. The molecule has 0 N–H and O–H groups in total. The van der Waals surface area contributed by atoms with Gasteiger partial charge < -0.3 is 9.64 Å². The number of hydrogen-bond acceptors (Lipinski definition) is 5. The van der Waals surface area contributed by atoms with Crippen molar-refractivity contribution >= 4 is 28.7 Å². The van der Waals surface area contributed by atoms with E-state index in [0.717, 1.165) is 49.1 Å². The van der Waals surface area contributed by atoms with Gasteiger partial charge in [0.15, 0.2) is 0 Å². The fourth-order valence-electron chi connectivity index (χ4n) is 3.57. The maximum absolute atomic E-state index is 13.1. The zero-order valence-electron chi connectivity index (χ0n) is 14.7. The van der Waals surface area contributed by atoms with E-state index >= 15 is 0 Å². The van der Waals surface area contributed by atoms with E-state index in [9.17, 15) is 4.79 Å². The van der Waals surface area contributed by atoms with Crippen molar-refractivity contribution in [3.05, 3.63) is 53.6 Å². The molecule has 2 heterocycles. The normalized spacial score (nSPS) is 17.9. The lowest BCUT2D eigenvalue weighted by molar-refractivity contribution is 0.0754. The Bertz CT molecular complexity index is 907. The Morgan fingerprint density at radius 2 is 1.92 bits per heavy atom. The lowest BCUT2D eigenvalue weighted by Gasteiger charge is -2.25. The summed E-state index contributed by atoms with van der Waals surface area (Å²) in [5.74, 6) is 1.30. The Balaban J connectivity index is 1.55. The maximum Gasteiger partial charge on any atom is 0.253 e. The van der Waals surface area contributed by atoms with Gasteiger partial charge in [-0.25, -0.2) is 0 Å². The van der Waals surface area contributed by atoms with Crippen molar-refractivity contribution in [3.63, 3.8) is 0 Å². The summed E-state index contributed by atoms with van der Waals surface area (Å²) in [6.45, 7) is 1.55. The van der Waals surface area contributed by atoms with Crippen molar-refractivity contribution in [2.75, 3.05) is 20.2 Å². The lowest BCUT2D eigenvalue weighted by atomic mass is 9.94. The Kier molecular flexibility index (Phi) is 4.84. The van der Waals surface area contributed by atoms with Gasteiger partial charge in [-0.15, -0.1) is 0 Å². The number of aromatic nitrogens is 2. The minimum Gasteiger partial charge on any atom is -0.497 e. The number of benzene rings is 2. The first kappa shape index (κ1) is 17.0. The van der Waals surface area contributed by atoms with Crippen molar-refractivity contribution in [1.29, 1.82) is 0 Å². The Hall–Kier alpha value is -2.47. The van der Waals surface area contributed by atoms with Gasteiger partial charge in [-0.1, -0.05) is 18.6 Å². The van der Waals surface area contributed by atoms with Gasteiger partial charge in [-0.05, 0) is 48.7 Å². The Morgan fingerprint density at radius 3 is 2.73 bits per heavy atom. The number of likely N-dealkylation sites (tertiary alicyclic amines) is 1. The molecule has 1 fully saturated rings. The number of fused-ring (bicyclic) bond motifs is 1. The number of amides is 1. The average Bonchev–Trinajstić information content (AvgIpc) is 3.02. The van der Waals surface area contributed by atoms with Gasteiger partial charge in [-0.3, -0.25) is 4.79 Å². The highest BCUT2D eigenvalue weighted by molar-refractivity contribution is 7.00. The molecule has 1 amide bonds. The van der Waals surface area contributed by atoms with E-state index in [1.807, 2.05) is 35.2 Å². The molecule has 5 nitrogen and oxygen atoms in total. The second-order valence-electron chi connectivity index (χ2n) is 6.68. The van der Waals surface area contributed by atoms with Crippen LogP contribution < -0.4 is 4.74 Å². The van der Waals surface area contributed by atoms with Crippen LogP contribution in [-0.4, -0.2) is 39.8 Å². The molecule has 4 rings (SSSR count). The highest BCUT2D eigenvalue weighted by Crippen LogP contribution is 2.29. The predicted octanol–water partition coefficient (Wildman–Crippen LogP) is 4.11. The number of methoxy groups -OCH3 is 1. The fourth-order valence-corrected chi connectivity index (χ4v) is 4.09. The first-order valence-electron chi connectivity index (χ1n) is 8.90. The lowest BCUT2D eigenvalue weighted by Crippen LogP contribution is -2.34. The molecule has 0 aliphatic carbocycles. The third-order valence-electron chi connectivity index (χ3n) is 5.05. The van der Waals surface area contributed by atoms with Crippen LogP contribution in [0.4, 0.5) is 0 Å². The molecule has 1 saturated heterocycles. The SMILES string of the molecule is COc1ccc(C2CCCCN(C(=O)c3ccc4nsnc4c3)C2)cc1. The van der Waals surface area contributed by atoms with Crippen LogP contribution in [0.5, 0.6) is 5.75 Å². The number of carbonyl (C=O) groups excluding carboxylic acids is 1.